The van der Waals surface area contributed by atoms with Crippen LogP contribution in [-0.4, -0.2) is 47.8 Å². The lowest BCUT2D eigenvalue weighted by atomic mass is 9.89. The van der Waals surface area contributed by atoms with Gasteiger partial charge in [0.1, 0.15) is 5.75 Å². The molecule has 2 aromatic carbocycles. The highest BCUT2D eigenvalue weighted by Crippen LogP contribution is 2.29. The largest absolute Gasteiger partial charge is 0.494 e. The van der Waals surface area contributed by atoms with Crippen LogP contribution in [0.2, 0.25) is 0 Å². The van der Waals surface area contributed by atoms with Gasteiger partial charge in [0.05, 0.1) is 23.4 Å². The summed E-state index contributed by atoms with van der Waals surface area (Å²) in [7, 11) is 0. The minimum atomic E-state index is -0.0769. The molecular formula is C23H25N3O3S. The number of carbonyl (C=O) groups excluding carboxylic acids is 2. The van der Waals surface area contributed by atoms with Gasteiger partial charge in [0, 0.05) is 11.5 Å². The summed E-state index contributed by atoms with van der Waals surface area (Å²) < 4.78 is 6.50. The zero-order valence-corrected chi connectivity index (χ0v) is 17.8. The number of fused-ring (bicyclic) bond motifs is 1. The molecule has 30 heavy (non-hydrogen) atoms. The van der Waals surface area contributed by atoms with Crippen molar-refractivity contribution >= 4 is 38.4 Å². The molecule has 1 fully saturated rings. The molecule has 3 aromatic rings. The minimum Gasteiger partial charge on any atom is -0.494 e. The van der Waals surface area contributed by atoms with Gasteiger partial charge in [-0.3, -0.25) is 14.5 Å². The molecule has 1 amide bonds. The van der Waals surface area contributed by atoms with E-state index in [0.29, 0.717) is 18.3 Å². The summed E-state index contributed by atoms with van der Waals surface area (Å²) in [6.07, 6.45) is 1.56. The highest BCUT2D eigenvalue weighted by atomic mass is 32.1. The number of hydrogen-bond acceptors (Lipinski definition) is 6. The Hall–Kier alpha value is -2.77. The molecular weight excluding hydrogens is 398 g/mol. The van der Waals surface area contributed by atoms with E-state index in [1.807, 2.05) is 55.5 Å². The Balaban J connectivity index is 1.29. The van der Waals surface area contributed by atoms with Gasteiger partial charge >= 0.3 is 0 Å². The number of nitrogens with zero attached hydrogens (tertiary/aromatic N) is 2. The molecule has 1 N–H and O–H groups in total. The number of piperidine rings is 1. The van der Waals surface area contributed by atoms with Crippen molar-refractivity contribution in [2.45, 2.75) is 19.8 Å². The lowest BCUT2D eigenvalue weighted by Crippen LogP contribution is -2.40. The highest BCUT2D eigenvalue weighted by Gasteiger charge is 2.26. The average molecular weight is 424 g/mol. The summed E-state index contributed by atoms with van der Waals surface area (Å²) in [5.74, 6) is 0.975. The van der Waals surface area contributed by atoms with E-state index in [0.717, 1.165) is 47.5 Å². The van der Waals surface area contributed by atoms with E-state index in [4.69, 9.17) is 4.74 Å². The number of likely N-dealkylation sites (tertiary alicyclic amines) is 1. The summed E-state index contributed by atoms with van der Waals surface area (Å²) in [6.45, 7) is 4.36. The number of anilines is 1. The molecule has 6 nitrogen and oxygen atoms in total. The van der Waals surface area contributed by atoms with Crippen LogP contribution in [0.5, 0.6) is 5.75 Å². The van der Waals surface area contributed by atoms with E-state index < -0.39 is 0 Å². The monoisotopic (exact) mass is 423 g/mol. The fourth-order valence-corrected chi connectivity index (χ4v) is 4.68. The van der Waals surface area contributed by atoms with Crippen molar-refractivity contribution in [3.8, 4) is 5.75 Å². The van der Waals surface area contributed by atoms with Crippen molar-refractivity contribution < 1.29 is 14.3 Å². The van der Waals surface area contributed by atoms with Crippen molar-refractivity contribution in [3.63, 3.8) is 0 Å². The number of thiazole rings is 1. The van der Waals surface area contributed by atoms with Gasteiger partial charge in [-0.15, -0.1) is 0 Å². The number of ether oxygens (including phenoxy) is 1. The van der Waals surface area contributed by atoms with Crippen LogP contribution in [0.4, 0.5) is 5.13 Å². The van der Waals surface area contributed by atoms with Gasteiger partial charge in [0.25, 0.3) is 0 Å². The molecule has 1 saturated heterocycles. The third-order valence-corrected chi connectivity index (χ3v) is 6.23. The number of aromatic nitrogens is 1. The Morgan fingerprint density at radius 2 is 1.93 bits per heavy atom. The lowest BCUT2D eigenvalue weighted by molar-refractivity contribution is -0.117. The Kier molecular flexibility index (Phi) is 6.40. The topological polar surface area (TPSA) is 71.5 Å². The molecule has 0 aliphatic carbocycles. The predicted octanol–water partition coefficient (Wildman–Crippen LogP) is 4.23. The van der Waals surface area contributed by atoms with Crippen LogP contribution in [0.15, 0.2) is 48.5 Å². The number of amides is 1. The fourth-order valence-electron chi connectivity index (χ4n) is 3.77. The first-order valence-electron chi connectivity index (χ1n) is 10.3. The number of rotatable bonds is 7. The maximum absolute atomic E-state index is 12.6. The van der Waals surface area contributed by atoms with Crippen LogP contribution in [0.1, 0.15) is 30.1 Å². The standard InChI is InChI=1S/C23H25N3O3S/c1-2-29-18-8-9-19-20(14-18)30-23(24-19)25-21(27)15-26-12-10-17(11-13-26)22(28)16-6-4-3-5-7-16/h3-9,14,17H,2,10-13,15H2,1H3,(H,24,25,27). The van der Waals surface area contributed by atoms with Crippen molar-refractivity contribution in [3.05, 3.63) is 54.1 Å². The zero-order valence-electron chi connectivity index (χ0n) is 17.0. The first kappa shape index (κ1) is 20.5. The summed E-state index contributed by atoms with van der Waals surface area (Å²) in [6, 6.07) is 15.2. The van der Waals surface area contributed by atoms with Gasteiger partial charge < -0.3 is 10.1 Å². The summed E-state index contributed by atoms with van der Waals surface area (Å²) in [4.78, 5) is 31.7. The van der Waals surface area contributed by atoms with E-state index in [1.54, 1.807) is 0 Å². The number of hydrogen-bond donors (Lipinski definition) is 1. The van der Waals surface area contributed by atoms with Crippen LogP contribution in [0, 0.1) is 5.92 Å². The molecule has 1 aliphatic rings. The van der Waals surface area contributed by atoms with Crippen molar-refractivity contribution in [2.24, 2.45) is 5.92 Å². The lowest BCUT2D eigenvalue weighted by Gasteiger charge is -2.30. The van der Waals surface area contributed by atoms with Gasteiger partial charge in [0.15, 0.2) is 10.9 Å². The molecule has 0 atom stereocenters. The first-order valence-corrected chi connectivity index (χ1v) is 11.1. The number of benzene rings is 2. The van der Waals surface area contributed by atoms with Crippen LogP contribution >= 0.6 is 11.3 Å². The summed E-state index contributed by atoms with van der Waals surface area (Å²) in [5, 5.41) is 3.50. The maximum atomic E-state index is 12.6. The van der Waals surface area contributed by atoms with Crippen LogP contribution in [0.3, 0.4) is 0 Å². The molecule has 1 aromatic heterocycles. The smallest absolute Gasteiger partial charge is 0.240 e. The van der Waals surface area contributed by atoms with Crippen LogP contribution in [-0.2, 0) is 4.79 Å². The number of carbonyl (C=O) groups is 2. The molecule has 0 bridgehead atoms. The molecule has 4 rings (SSSR count). The molecule has 7 heteroatoms. The van der Waals surface area contributed by atoms with Crippen LogP contribution in [0.25, 0.3) is 10.2 Å². The van der Waals surface area contributed by atoms with Gasteiger partial charge in [0.2, 0.25) is 5.91 Å². The number of ketones is 1. The fraction of sp³-hybridized carbons (Fsp3) is 0.348. The van der Waals surface area contributed by atoms with Crippen molar-refractivity contribution in [1.82, 2.24) is 9.88 Å². The Labute approximate surface area is 179 Å². The van der Waals surface area contributed by atoms with Gasteiger partial charge in [-0.05, 0) is 51.1 Å². The second-order valence-electron chi connectivity index (χ2n) is 7.41. The predicted molar refractivity (Wildman–Crippen MR) is 119 cm³/mol. The van der Waals surface area contributed by atoms with Gasteiger partial charge in [-0.25, -0.2) is 4.98 Å². The minimum absolute atomic E-state index is 0.0375. The van der Waals surface area contributed by atoms with Gasteiger partial charge in [-0.2, -0.15) is 0 Å². The average Bonchev–Trinajstić information content (AvgIpc) is 3.16. The second kappa shape index (κ2) is 9.36. The normalized spacial score (nSPS) is 15.2. The van der Waals surface area contributed by atoms with Crippen molar-refractivity contribution in [2.75, 3.05) is 31.6 Å². The van der Waals surface area contributed by atoms with E-state index in [9.17, 15) is 9.59 Å². The van der Waals surface area contributed by atoms with Crippen LogP contribution < -0.4 is 10.1 Å². The van der Waals surface area contributed by atoms with E-state index in [-0.39, 0.29) is 17.6 Å². The maximum Gasteiger partial charge on any atom is 0.240 e. The quantitative estimate of drug-likeness (QED) is 0.576. The van der Waals surface area contributed by atoms with E-state index >= 15 is 0 Å². The van der Waals surface area contributed by atoms with Gasteiger partial charge in [-0.1, -0.05) is 41.7 Å². The molecule has 0 spiro atoms. The Bertz CT molecular complexity index is 1030. The third-order valence-electron chi connectivity index (χ3n) is 5.30. The number of nitrogens with one attached hydrogen (secondary N) is 1. The molecule has 0 saturated carbocycles. The van der Waals surface area contributed by atoms with Crippen molar-refractivity contribution in [1.29, 1.82) is 0 Å². The molecule has 2 heterocycles. The van der Waals surface area contributed by atoms with E-state index in [1.165, 1.54) is 11.3 Å². The third kappa shape index (κ3) is 4.86. The Morgan fingerprint density at radius 1 is 1.17 bits per heavy atom. The summed E-state index contributed by atoms with van der Waals surface area (Å²) >= 11 is 1.44. The first-order chi connectivity index (χ1) is 14.6. The van der Waals surface area contributed by atoms with E-state index in [2.05, 4.69) is 15.2 Å². The zero-order chi connectivity index (χ0) is 20.9. The SMILES string of the molecule is CCOc1ccc2nc(NC(=O)CN3CCC(C(=O)c4ccccc4)CC3)sc2c1. The number of Topliss-reactive ketones (excluding diaryl/α,β-unsaturated/α-hetero) is 1. The Morgan fingerprint density at radius 3 is 2.67 bits per heavy atom. The molecule has 156 valence electrons. The summed E-state index contributed by atoms with van der Waals surface area (Å²) in [5.41, 5.74) is 1.62. The second-order valence-corrected chi connectivity index (χ2v) is 8.44. The molecule has 0 radical (unpaired) electrons. The molecule has 0 unspecified atom stereocenters. The highest BCUT2D eigenvalue weighted by molar-refractivity contribution is 7.22. The molecule has 1 aliphatic heterocycles.